The van der Waals surface area contributed by atoms with Gasteiger partial charge >= 0.3 is 12.3 Å². The first kappa shape index (κ1) is 29.4. The standard InChI is InChI=1S/C29H31F7O3/c1-2-3-4-5-18-16-37-27(38-17-18)21-8-6-19(7-9-21)20-10-12-22(13-11-20)29(35,36)39-23-14-24(30)26(25(31)15-23)28(32,33)34/h2-3,6-9,14-15,18,20,22,27H,4-5,10-13,16-17H2,1H3/b3-2+. The Morgan fingerprint density at radius 1 is 0.872 bits per heavy atom. The van der Waals surface area contributed by atoms with Crippen LogP contribution in [-0.4, -0.2) is 19.3 Å². The lowest BCUT2D eigenvalue weighted by Gasteiger charge is -2.33. The van der Waals surface area contributed by atoms with Gasteiger partial charge < -0.3 is 14.2 Å². The highest BCUT2D eigenvalue weighted by molar-refractivity contribution is 5.32. The summed E-state index contributed by atoms with van der Waals surface area (Å²) in [5.41, 5.74) is -0.265. The van der Waals surface area contributed by atoms with Crippen LogP contribution in [0.15, 0.2) is 48.6 Å². The second-order valence-electron chi connectivity index (χ2n) is 10.1. The smallest absolute Gasteiger partial charge is 0.422 e. The lowest BCUT2D eigenvalue weighted by molar-refractivity contribution is -0.222. The monoisotopic (exact) mass is 560 g/mol. The Kier molecular flexibility index (Phi) is 9.26. The molecule has 2 aliphatic rings. The molecule has 1 saturated carbocycles. The van der Waals surface area contributed by atoms with Crippen molar-refractivity contribution >= 4 is 0 Å². The molecule has 4 rings (SSSR count). The van der Waals surface area contributed by atoms with Crippen molar-refractivity contribution in [1.29, 1.82) is 0 Å². The van der Waals surface area contributed by atoms with E-state index in [9.17, 15) is 30.7 Å². The number of hydrogen-bond donors (Lipinski definition) is 0. The summed E-state index contributed by atoms with van der Waals surface area (Å²) in [6, 6.07) is 7.98. The van der Waals surface area contributed by atoms with E-state index in [1.54, 1.807) is 0 Å². The molecule has 2 fully saturated rings. The third-order valence-corrected chi connectivity index (χ3v) is 7.38. The van der Waals surface area contributed by atoms with Gasteiger partial charge in [0.15, 0.2) is 6.29 Å². The zero-order valence-electron chi connectivity index (χ0n) is 21.5. The first-order valence-corrected chi connectivity index (χ1v) is 13.0. The van der Waals surface area contributed by atoms with Crippen LogP contribution in [-0.2, 0) is 15.7 Å². The maximum atomic E-state index is 14.8. The van der Waals surface area contributed by atoms with Gasteiger partial charge in [-0.2, -0.15) is 22.0 Å². The highest BCUT2D eigenvalue weighted by Gasteiger charge is 2.45. The number of allylic oxidation sites excluding steroid dienone is 2. The number of benzene rings is 2. The second kappa shape index (κ2) is 12.3. The van der Waals surface area contributed by atoms with Gasteiger partial charge in [0.1, 0.15) is 22.9 Å². The Morgan fingerprint density at radius 2 is 1.44 bits per heavy atom. The summed E-state index contributed by atoms with van der Waals surface area (Å²) < 4.78 is 112. The molecule has 0 amide bonds. The molecular formula is C29H31F7O3. The van der Waals surface area contributed by atoms with E-state index >= 15 is 0 Å². The van der Waals surface area contributed by atoms with Crippen molar-refractivity contribution < 1.29 is 44.9 Å². The fourth-order valence-corrected chi connectivity index (χ4v) is 5.21. The van der Waals surface area contributed by atoms with E-state index < -0.39 is 47.4 Å². The van der Waals surface area contributed by atoms with E-state index in [2.05, 4.69) is 10.8 Å². The Hall–Kier alpha value is -2.59. The fourth-order valence-electron chi connectivity index (χ4n) is 5.21. The highest BCUT2D eigenvalue weighted by atomic mass is 19.4. The Labute approximate surface area is 222 Å². The van der Waals surface area contributed by atoms with Crippen molar-refractivity contribution in [3.8, 4) is 5.75 Å². The van der Waals surface area contributed by atoms with Crippen molar-refractivity contribution in [3.63, 3.8) is 0 Å². The van der Waals surface area contributed by atoms with E-state index in [4.69, 9.17) is 9.47 Å². The average molecular weight is 561 g/mol. The van der Waals surface area contributed by atoms with Gasteiger partial charge in [0, 0.05) is 23.6 Å². The molecule has 0 unspecified atom stereocenters. The summed E-state index contributed by atoms with van der Waals surface area (Å²) in [7, 11) is 0. The van der Waals surface area contributed by atoms with Crippen LogP contribution in [0.4, 0.5) is 30.7 Å². The zero-order chi connectivity index (χ0) is 28.2. The molecular weight excluding hydrogens is 529 g/mol. The third-order valence-electron chi connectivity index (χ3n) is 7.38. The van der Waals surface area contributed by atoms with Crippen molar-refractivity contribution in [2.75, 3.05) is 13.2 Å². The van der Waals surface area contributed by atoms with Crippen LogP contribution in [0.25, 0.3) is 0 Å². The number of ether oxygens (including phenoxy) is 3. The molecule has 2 aromatic rings. The minimum atomic E-state index is -5.29. The number of alkyl halides is 5. The van der Waals surface area contributed by atoms with Gasteiger partial charge in [-0.15, -0.1) is 0 Å². The minimum Gasteiger partial charge on any atom is -0.432 e. The van der Waals surface area contributed by atoms with Crippen molar-refractivity contribution in [3.05, 3.63) is 76.9 Å². The molecule has 10 heteroatoms. The lowest BCUT2D eigenvalue weighted by atomic mass is 9.78. The predicted octanol–water partition coefficient (Wildman–Crippen LogP) is 8.95. The summed E-state index contributed by atoms with van der Waals surface area (Å²) in [4.78, 5) is 0. The number of rotatable bonds is 8. The second-order valence-corrected chi connectivity index (χ2v) is 10.1. The molecule has 214 valence electrons. The highest BCUT2D eigenvalue weighted by Crippen LogP contribution is 2.44. The van der Waals surface area contributed by atoms with Crippen LogP contribution in [0.1, 0.15) is 74.3 Å². The molecule has 0 atom stereocenters. The Morgan fingerprint density at radius 3 is 1.97 bits per heavy atom. The van der Waals surface area contributed by atoms with E-state index in [1.165, 1.54) is 0 Å². The average Bonchev–Trinajstić information content (AvgIpc) is 2.88. The Balaban J connectivity index is 1.29. The Bertz CT molecular complexity index is 1090. The summed E-state index contributed by atoms with van der Waals surface area (Å²) in [5, 5.41) is 0. The van der Waals surface area contributed by atoms with E-state index in [1.807, 2.05) is 37.3 Å². The summed E-state index contributed by atoms with van der Waals surface area (Å²) in [5.74, 6) is -5.85. The maximum Gasteiger partial charge on any atom is 0.422 e. The minimum absolute atomic E-state index is 0.0382. The molecule has 2 aromatic carbocycles. The van der Waals surface area contributed by atoms with Gasteiger partial charge in [-0.25, -0.2) is 8.78 Å². The SMILES string of the molecule is C/C=C/CCC1COC(c2ccc(C3CCC(C(F)(F)Oc4cc(F)c(C(F)(F)F)c(F)c4)CC3)cc2)OC1. The number of hydrogen-bond acceptors (Lipinski definition) is 3. The van der Waals surface area contributed by atoms with Gasteiger partial charge in [0.2, 0.25) is 0 Å². The summed E-state index contributed by atoms with van der Waals surface area (Å²) in [6.07, 6.45) is -2.38. The fraction of sp³-hybridized carbons (Fsp3) is 0.517. The molecule has 3 nitrogen and oxygen atoms in total. The van der Waals surface area contributed by atoms with Crippen LogP contribution >= 0.6 is 0 Å². The normalized spacial score (nSPS) is 24.7. The largest absolute Gasteiger partial charge is 0.432 e. The summed E-state index contributed by atoms with van der Waals surface area (Å²) >= 11 is 0. The molecule has 39 heavy (non-hydrogen) atoms. The molecule has 1 heterocycles. The first-order chi connectivity index (χ1) is 18.5. The molecule has 1 aliphatic carbocycles. The third kappa shape index (κ3) is 7.33. The van der Waals surface area contributed by atoms with Crippen LogP contribution in [0.2, 0.25) is 0 Å². The van der Waals surface area contributed by atoms with Gasteiger partial charge in [-0.1, -0.05) is 36.4 Å². The molecule has 0 aromatic heterocycles. The topological polar surface area (TPSA) is 27.7 Å². The van der Waals surface area contributed by atoms with Gasteiger partial charge in [0.05, 0.1) is 19.1 Å². The van der Waals surface area contributed by atoms with Gasteiger partial charge in [0.25, 0.3) is 0 Å². The first-order valence-electron chi connectivity index (χ1n) is 13.0. The van der Waals surface area contributed by atoms with E-state index in [0.29, 0.717) is 32.0 Å². The molecule has 0 radical (unpaired) electrons. The van der Waals surface area contributed by atoms with Gasteiger partial charge in [-0.3, -0.25) is 0 Å². The molecule has 1 aliphatic heterocycles. The molecule has 0 spiro atoms. The van der Waals surface area contributed by atoms with Crippen LogP contribution < -0.4 is 4.74 Å². The zero-order valence-corrected chi connectivity index (χ0v) is 21.5. The van der Waals surface area contributed by atoms with Crippen molar-refractivity contribution in [1.82, 2.24) is 0 Å². The van der Waals surface area contributed by atoms with Gasteiger partial charge in [-0.05, 0) is 56.9 Å². The molecule has 0 bridgehead atoms. The number of halogens is 7. The maximum absolute atomic E-state index is 14.8. The predicted molar refractivity (Wildman–Crippen MR) is 130 cm³/mol. The lowest BCUT2D eigenvalue weighted by Crippen LogP contribution is -2.37. The van der Waals surface area contributed by atoms with E-state index in [0.717, 1.165) is 24.0 Å². The van der Waals surface area contributed by atoms with Crippen molar-refractivity contribution in [2.45, 2.75) is 69.9 Å². The molecule has 0 N–H and O–H groups in total. The van der Waals surface area contributed by atoms with Crippen LogP contribution in [0.3, 0.4) is 0 Å². The summed E-state index contributed by atoms with van der Waals surface area (Å²) in [6.45, 7) is 3.23. The van der Waals surface area contributed by atoms with Crippen LogP contribution in [0.5, 0.6) is 5.75 Å². The molecule has 1 saturated heterocycles. The van der Waals surface area contributed by atoms with Crippen LogP contribution in [0, 0.1) is 23.5 Å². The van der Waals surface area contributed by atoms with Crippen molar-refractivity contribution in [2.24, 2.45) is 11.8 Å². The van der Waals surface area contributed by atoms with E-state index in [-0.39, 0.29) is 30.9 Å². The quantitative estimate of drug-likeness (QED) is 0.238.